The number of esters is 1. The van der Waals surface area contributed by atoms with Crippen LogP contribution in [0.3, 0.4) is 0 Å². The highest BCUT2D eigenvalue weighted by Crippen LogP contribution is 2.41. The molecule has 2 heterocycles. The van der Waals surface area contributed by atoms with E-state index in [-0.39, 0.29) is 28.5 Å². The number of hydrogen-bond acceptors (Lipinski definition) is 9. The Morgan fingerprint density at radius 3 is 2.51 bits per heavy atom. The van der Waals surface area contributed by atoms with Gasteiger partial charge in [-0.15, -0.1) is 0 Å². The molecule has 2 aliphatic rings. The van der Waals surface area contributed by atoms with Crippen LogP contribution in [-0.2, 0) is 28.2 Å². The van der Waals surface area contributed by atoms with Crippen molar-refractivity contribution in [2.24, 2.45) is 0 Å². The van der Waals surface area contributed by atoms with Gasteiger partial charge in [-0.3, -0.25) is 10.1 Å². The van der Waals surface area contributed by atoms with Crippen LogP contribution in [-0.4, -0.2) is 61.3 Å². The molecule has 2 saturated heterocycles. The molecular formula is C24H35NO9Si. The first kappa shape index (κ1) is 27.4. The molecule has 1 N–H and O–H groups in total. The third-order valence-corrected chi connectivity index (χ3v) is 11.3. The maximum absolute atomic E-state index is 13.0. The van der Waals surface area contributed by atoms with Crippen LogP contribution in [0.15, 0.2) is 36.4 Å². The van der Waals surface area contributed by atoms with Gasteiger partial charge in [0.25, 0.3) is 5.69 Å². The smallest absolute Gasteiger partial charge is 0.336 e. The molecule has 0 aromatic heterocycles. The highest BCUT2D eigenvalue weighted by atomic mass is 28.4. The number of carbonyl (C=O) groups excluding carboxylic acids is 1. The number of fused-ring (bicyclic) bond motifs is 1. The lowest BCUT2D eigenvalue weighted by Gasteiger charge is -2.37. The molecule has 0 radical (unpaired) electrons. The molecule has 0 bridgehead atoms. The van der Waals surface area contributed by atoms with E-state index in [0.717, 1.165) is 0 Å². The van der Waals surface area contributed by atoms with E-state index in [9.17, 15) is 20.0 Å². The van der Waals surface area contributed by atoms with Crippen molar-refractivity contribution < 1.29 is 38.2 Å². The van der Waals surface area contributed by atoms with Crippen LogP contribution in [0.5, 0.6) is 0 Å². The van der Waals surface area contributed by atoms with E-state index in [1.807, 2.05) is 0 Å². The molecule has 1 aromatic rings. The molecule has 194 valence electrons. The van der Waals surface area contributed by atoms with Crippen LogP contribution in [0.1, 0.15) is 46.3 Å². The van der Waals surface area contributed by atoms with Crippen LogP contribution in [0.4, 0.5) is 5.69 Å². The van der Waals surface area contributed by atoms with Gasteiger partial charge in [-0.25, -0.2) is 4.79 Å². The highest BCUT2D eigenvalue weighted by Gasteiger charge is 2.57. The number of ether oxygens (including phenoxy) is 4. The maximum atomic E-state index is 13.0. The molecule has 3 rings (SSSR count). The summed E-state index contributed by atoms with van der Waals surface area (Å²) in [5.74, 6) is -1.86. The molecule has 0 aliphatic carbocycles. The summed E-state index contributed by atoms with van der Waals surface area (Å²) >= 11 is 0. The number of carbonyl (C=O) groups is 1. The highest BCUT2D eigenvalue weighted by molar-refractivity contribution is 6.74. The molecule has 10 nitrogen and oxygen atoms in total. The molecule has 0 amide bonds. The monoisotopic (exact) mass is 509 g/mol. The summed E-state index contributed by atoms with van der Waals surface area (Å²) in [6.07, 6.45) is -4.66. The van der Waals surface area contributed by atoms with Gasteiger partial charge in [0.2, 0.25) is 0 Å². The Morgan fingerprint density at radius 2 is 1.91 bits per heavy atom. The second-order valence-corrected chi connectivity index (χ2v) is 15.6. The van der Waals surface area contributed by atoms with E-state index >= 15 is 0 Å². The average molecular weight is 510 g/mol. The molecule has 2 fully saturated rings. The molecule has 1 aromatic carbocycles. The first-order valence-electron chi connectivity index (χ1n) is 11.5. The van der Waals surface area contributed by atoms with Gasteiger partial charge in [0.1, 0.15) is 12.2 Å². The summed E-state index contributed by atoms with van der Waals surface area (Å²) < 4.78 is 29.8. The number of hydrogen-bond donors (Lipinski definition) is 1. The lowest BCUT2D eigenvalue weighted by molar-refractivity contribution is -0.386. The Balaban J connectivity index is 1.78. The quantitative estimate of drug-likeness (QED) is 0.182. The van der Waals surface area contributed by atoms with Crippen molar-refractivity contribution >= 4 is 20.0 Å². The lowest BCUT2D eigenvalue weighted by Crippen LogP contribution is -2.46. The summed E-state index contributed by atoms with van der Waals surface area (Å²) in [7, 11) is -2.13. The van der Waals surface area contributed by atoms with Gasteiger partial charge in [-0.2, -0.15) is 0 Å². The van der Waals surface area contributed by atoms with Crippen molar-refractivity contribution in [1.82, 2.24) is 0 Å². The van der Waals surface area contributed by atoms with E-state index in [4.69, 9.17) is 23.4 Å². The second kappa shape index (κ2) is 9.72. The molecule has 0 spiro atoms. The van der Waals surface area contributed by atoms with Crippen molar-refractivity contribution in [3.05, 3.63) is 52.1 Å². The van der Waals surface area contributed by atoms with Crippen LogP contribution >= 0.6 is 0 Å². The first-order valence-corrected chi connectivity index (χ1v) is 14.4. The Labute approximate surface area is 206 Å². The van der Waals surface area contributed by atoms with Crippen molar-refractivity contribution in [2.45, 2.75) is 89.2 Å². The average Bonchev–Trinajstić information content (AvgIpc) is 3.22. The fraction of sp³-hybridized carbons (Fsp3) is 0.625. The lowest BCUT2D eigenvalue weighted by atomic mass is 10.0. The Kier molecular flexibility index (Phi) is 7.62. The minimum atomic E-state index is -2.13. The zero-order chi connectivity index (χ0) is 26.3. The standard InChI is InChI=1S/C24H35NO9Si/c1-14(18(26)15-11-9-10-12-16(15)25(28)29)21(27)32-19-17(13-30-35(7,8)23(2,3)4)31-22-20(19)33-24(5,6)34-22/h9-12,17-20,22,26H,1,13H2,2-8H3/t17-,18+,19+,20-,22-/m1/s1. The largest absolute Gasteiger partial charge is 0.453 e. The first-order chi connectivity index (χ1) is 16.0. The van der Waals surface area contributed by atoms with Gasteiger partial charge in [0.05, 0.1) is 22.7 Å². The zero-order valence-electron chi connectivity index (χ0n) is 21.3. The van der Waals surface area contributed by atoms with E-state index in [1.165, 1.54) is 24.3 Å². The van der Waals surface area contributed by atoms with Gasteiger partial charge < -0.3 is 28.5 Å². The van der Waals surface area contributed by atoms with Crippen LogP contribution in [0.2, 0.25) is 18.1 Å². The van der Waals surface area contributed by atoms with E-state index < -0.39 is 55.7 Å². The minimum Gasteiger partial charge on any atom is -0.453 e. The fourth-order valence-electron chi connectivity index (χ4n) is 3.71. The number of aliphatic hydroxyl groups is 1. The number of rotatable bonds is 8. The Bertz CT molecular complexity index is 987. The summed E-state index contributed by atoms with van der Waals surface area (Å²) in [5.41, 5.74) is -0.725. The molecular weight excluding hydrogens is 474 g/mol. The minimum absolute atomic E-state index is 0.0363. The summed E-state index contributed by atoms with van der Waals surface area (Å²) in [4.78, 5) is 23.7. The zero-order valence-corrected chi connectivity index (χ0v) is 22.3. The van der Waals surface area contributed by atoms with E-state index in [1.54, 1.807) is 13.8 Å². The molecule has 0 unspecified atom stereocenters. The molecule has 2 aliphatic heterocycles. The van der Waals surface area contributed by atoms with Crippen molar-refractivity contribution in [3.63, 3.8) is 0 Å². The Morgan fingerprint density at radius 1 is 1.29 bits per heavy atom. The van der Waals surface area contributed by atoms with Crippen LogP contribution in [0, 0.1) is 10.1 Å². The van der Waals surface area contributed by atoms with E-state index in [2.05, 4.69) is 40.4 Å². The number of nitrogens with zero attached hydrogens (tertiary/aromatic N) is 1. The predicted molar refractivity (Wildman–Crippen MR) is 129 cm³/mol. The number of nitro groups is 1. The van der Waals surface area contributed by atoms with Crippen LogP contribution in [0.25, 0.3) is 0 Å². The van der Waals surface area contributed by atoms with Gasteiger partial charge in [-0.1, -0.05) is 39.5 Å². The molecule has 35 heavy (non-hydrogen) atoms. The van der Waals surface area contributed by atoms with E-state index in [0.29, 0.717) is 0 Å². The number of aliphatic hydroxyl groups excluding tert-OH is 1. The Hall–Kier alpha value is -2.15. The van der Waals surface area contributed by atoms with Crippen LogP contribution < -0.4 is 0 Å². The normalized spacial score (nSPS) is 26.7. The van der Waals surface area contributed by atoms with Crippen molar-refractivity contribution in [3.8, 4) is 0 Å². The number of para-hydroxylation sites is 1. The summed E-state index contributed by atoms with van der Waals surface area (Å²) in [6, 6.07) is 5.60. The SMILES string of the molecule is C=C(C(=O)O[C@@H]1[C@H]2OC(C)(C)O[C@H]2O[C@@H]1CO[Si](C)(C)C(C)(C)C)[C@H](O)c1ccccc1[N+](=O)[O-]. The predicted octanol–water partition coefficient (Wildman–Crippen LogP) is 3.99. The third-order valence-electron chi connectivity index (χ3n) is 6.77. The molecule has 0 saturated carbocycles. The van der Waals surface area contributed by atoms with Gasteiger partial charge in [-0.05, 0) is 38.0 Å². The van der Waals surface area contributed by atoms with Gasteiger partial charge in [0.15, 0.2) is 32.6 Å². The van der Waals surface area contributed by atoms with Crippen molar-refractivity contribution in [1.29, 1.82) is 0 Å². The fourth-order valence-corrected chi connectivity index (χ4v) is 4.73. The third kappa shape index (κ3) is 5.82. The maximum Gasteiger partial charge on any atom is 0.336 e. The van der Waals surface area contributed by atoms with Gasteiger partial charge in [0, 0.05) is 6.07 Å². The molecule has 11 heteroatoms. The summed E-state index contributed by atoms with van der Waals surface area (Å²) in [6.45, 7) is 17.8. The van der Waals surface area contributed by atoms with Crippen molar-refractivity contribution in [2.75, 3.05) is 6.61 Å². The van der Waals surface area contributed by atoms with Gasteiger partial charge >= 0.3 is 5.97 Å². The number of nitro benzene ring substituents is 1. The summed E-state index contributed by atoms with van der Waals surface area (Å²) in [5, 5.41) is 22.0. The number of benzene rings is 1. The molecule has 5 atom stereocenters. The topological polar surface area (TPSA) is 127 Å². The second-order valence-electron chi connectivity index (χ2n) is 10.8.